The monoisotopic (exact) mass is 737 g/mol. The molecule has 0 fully saturated rings. The minimum absolute atomic E-state index is 0.506. The predicted molar refractivity (Wildman–Crippen MR) is 234 cm³/mol. The third-order valence-electron chi connectivity index (χ3n) is 10.9. The van der Waals surface area contributed by atoms with E-state index in [4.69, 9.17) is 0 Å². The number of aromatic nitrogens is 2. The van der Waals surface area contributed by atoms with E-state index in [1.165, 1.54) is 58.8 Å². The third kappa shape index (κ3) is 5.44. The summed E-state index contributed by atoms with van der Waals surface area (Å²) in [4.78, 5) is 6.11. The maximum Gasteiger partial charge on any atom is 0.212 e. The SMILES string of the molecule is Fc1ccc(N(c2ccc(-c3ccccc3)cc2)c2ccc(-c3ccc4c(c3)c3cc5ccccc5cc3n4-c3ccc4sc5ccccc5c4c3)cc2)cn1. The summed E-state index contributed by atoms with van der Waals surface area (Å²) in [5, 5.41) is 7.46. The van der Waals surface area contributed by atoms with Gasteiger partial charge in [-0.15, -0.1) is 11.3 Å². The Bertz CT molecular complexity index is 3240. The molecule has 0 aliphatic carbocycles. The van der Waals surface area contributed by atoms with Crippen molar-refractivity contribution >= 4 is 81.1 Å². The lowest BCUT2D eigenvalue weighted by Gasteiger charge is -2.25. The number of hydrogen-bond donors (Lipinski definition) is 0. The Morgan fingerprint density at radius 3 is 1.79 bits per heavy atom. The van der Waals surface area contributed by atoms with Gasteiger partial charge in [-0.2, -0.15) is 4.39 Å². The molecule has 0 amide bonds. The topological polar surface area (TPSA) is 21.1 Å². The molecule has 0 atom stereocenters. The molecule has 0 saturated carbocycles. The molecule has 11 aromatic rings. The van der Waals surface area contributed by atoms with Gasteiger partial charge in [-0.25, -0.2) is 4.98 Å². The summed E-state index contributed by atoms with van der Waals surface area (Å²) in [7, 11) is 0. The Balaban J connectivity index is 1.02. The Labute approximate surface area is 326 Å². The molecule has 0 aliphatic heterocycles. The Morgan fingerprint density at radius 1 is 0.429 bits per heavy atom. The molecule has 0 N–H and O–H groups in total. The fraction of sp³-hybridized carbons (Fsp3) is 0. The maximum atomic E-state index is 14.0. The average molecular weight is 738 g/mol. The maximum absolute atomic E-state index is 14.0. The summed E-state index contributed by atoms with van der Waals surface area (Å²) in [6.45, 7) is 0. The second-order valence-corrected chi connectivity index (χ2v) is 15.3. The molecule has 11 rings (SSSR count). The summed E-state index contributed by atoms with van der Waals surface area (Å²) >= 11 is 1.85. The predicted octanol–water partition coefficient (Wildman–Crippen LogP) is 14.6. The van der Waals surface area contributed by atoms with E-state index in [0.29, 0.717) is 0 Å². The first kappa shape index (κ1) is 32.4. The average Bonchev–Trinajstić information content (AvgIpc) is 3.79. The highest BCUT2D eigenvalue weighted by atomic mass is 32.1. The van der Waals surface area contributed by atoms with Gasteiger partial charge in [0.05, 0.1) is 22.9 Å². The number of nitrogens with zero attached hydrogens (tertiary/aromatic N) is 3. The zero-order valence-electron chi connectivity index (χ0n) is 30.1. The molecule has 56 heavy (non-hydrogen) atoms. The summed E-state index contributed by atoms with van der Waals surface area (Å²) in [5.41, 5.74) is 10.7. The van der Waals surface area contributed by atoms with E-state index in [-0.39, 0.29) is 0 Å². The van der Waals surface area contributed by atoms with E-state index in [1.54, 1.807) is 12.3 Å². The number of fused-ring (bicyclic) bond motifs is 7. The van der Waals surface area contributed by atoms with Gasteiger partial charge < -0.3 is 9.47 Å². The van der Waals surface area contributed by atoms with Crippen LogP contribution in [0, 0.1) is 5.95 Å². The van der Waals surface area contributed by atoms with Crippen LogP contribution in [0.5, 0.6) is 0 Å². The van der Waals surface area contributed by atoms with Crippen molar-refractivity contribution in [2.24, 2.45) is 0 Å². The molecule has 0 aliphatic rings. The Morgan fingerprint density at radius 2 is 1.04 bits per heavy atom. The fourth-order valence-electron chi connectivity index (χ4n) is 8.20. The molecule has 3 aromatic heterocycles. The van der Waals surface area contributed by atoms with Crippen LogP contribution in [0.1, 0.15) is 0 Å². The number of benzene rings is 8. The first-order chi connectivity index (χ1) is 27.6. The normalized spacial score (nSPS) is 11.7. The zero-order chi connectivity index (χ0) is 37.2. The lowest BCUT2D eigenvalue weighted by Crippen LogP contribution is -2.10. The highest BCUT2D eigenvalue weighted by molar-refractivity contribution is 7.25. The van der Waals surface area contributed by atoms with Crippen molar-refractivity contribution in [3.63, 3.8) is 0 Å². The van der Waals surface area contributed by atoms with Gasteiger partial charge in [-0.1, -0.05) is 103 Å². The van der Waals surface area contributed by atoms with Crippen LogP contribution in [0.2, 0.25) is 0 Å². The van der Waals surface area contributed by atoms with Crippen LogP contribution < -0.4 is 4.90 Å². The van der Waals surface area contributed by atoms with E-state index in [1.807, 2.05) is 29.5 Å². The summed E-state index contributed by atoms with van der Waals surface area (Å²) < 4.78 is 19.0. The van der Waals surface area contributed by atoms with Gasteiger partial charge in [0.25, 0.3) is 0 Å². The number of rotatable bonds is 6. The van der Waals surface area contributed by atoms with Crippen LogP contribution in [0.3, 0.4) is 0 Å². The molecule has 5 heteroatoms. The van der Waals surface area contributed by atoms with Crippen molar-refractivity contribution in [2.45, 2.75) is 0 Å². The van der Waals surface area contributed by atoms with E-state index in [2.05, 4.69) is 172 Å². The number of anilines is 3. The molecule has 0 unspecified atom stereocenters. The van der Waals surface area contributed by atoms with Gasteiger partial charge in [0.15, 0.2) is 0 Å². The van der Waals surface area contributed by atoms with Crippen molar-refractivity contribution in [3.05, 3.63) is 200 Å². The van der Waals surface area contributed by atoms with Crippen molar-refractivity contribution < 1.29 is 4.39 Å². The lowest BCUT2D eigenvalue weighted by atomic mass is 10.0. The van der Waals surface area contributed by atoms with E-state index < -0.39 is 5.95 Å². The summed E-state index contributed by atoms with van der Waals surface area (Å²) in [5.74, 6) is -0.506. The van der Waals surface area contributed by atoms with E-state index in [0.717, 1.165) is 45.0 Å². The summed E-state index contributed by atoms with van der Waals surface area (Å²) in [6.07, 6.45) is 1.58. The third-order valence-corrected chi connectivity index (χ3v) is 12.1. The van der Waals surface area contributed by atoms with Crippen molar-refractivity contribution in [3.8, 4) is 27.9 Å². The standard InChI is InChI=1S/C51H32FN3S/c52-51-27-24-42(32-53-51)54(39-19-14-34(15-20-39)33-8-2-1-3-9-33)40-21-16-35(17-22-40)38-18-25-47-44(29-38)45-28-36-10-4-5-11-37(36)30-48(45)55(47)41-23-26-50-46(31-41)43-12-6-7-13-49(43)56-50/h1-32H. The van der Waals surface area contributed by atoms with Gasteiger partial charge in [-0.05, 0) is 118 Å². The smallest absolute Gasteiger partial charge is 0.212 e. The molecule has 0 spiro atoms. The molecular formula is C51H32FN3S. The largest absolute Gasteiger partial charge is 0.309 e. The number of thiophene rings is 1. The van der Waals surface area contributed by atoms with Crippen LogP contribution in [0.15, 0.2) is 194 Å². The molecule has 8 aromatic carbocycles. The molecular weight excluding hydrogens is 706 g/mol. The highest BCUT2D eigenvalue weighted by Gasteiger charge is 2.18. The zero-order valence-corrected chi connectivity index (χ0v) is 30.9. The lowest BCUT2D eigenvalue weighted by molar-refractivity contribution is 0.584. The molecule has 3 heterocycles. The second-order valence-electron chi connectivity index (χ2n) is 14.2. The first-order valence-electron chi connectivity index (χ1n) is 18.7. The number of hydrogen-bond acceptors (Lipinski definition) is 3. The van der Waals surface area contributed by atoms with Crippen molar-refractivity contribution in [1.29, 1.82) is 0 Å². The van der Waals surface area contributed by atoms with Gasteiger partial charge in [0, 0.05) is 48.0 Å². The molecule has 0 saturated heterocycles. The van der Waals surface area contributed by atoms with Gasteiger partial charge in [0.1, 0.15) is 0 Å². The number of halogens is 1. The summed E-state index contributed by atoms with van der Waals surface area (Å²) in [6, 6.07) is 66.3. The van der Waals surface area contributed by atoms with Crippen molar-refractivity contribution in [1.82, 2.24) is 9.55 Å². The highest BCUT2D eigenvalue weighted by Crippen LogP contribution is 2.41. The molecule has 0 radical (unpaired) electrons. The fourth-order valence-corrected chi connectivity index (χ4v) is 9.29. The quantitative estimate of drug-likeness (QED) is 0.158. The van der Waals surface area contributed by atoms with E-state index >= 15 is 0 Å². The van der Waals surface area contributed by atoms with Crippen LogP contribution in [0.4, 0.5) is 21.5 Å². The van der Waals surface area contributed by atoms with Crippen LogP contribution in [-0.2, 0) is 0 Å². The second kappa shape index (κ2) is 13.0. The minimum Gasteiger partial charge on any atom is -0.309 e. The van der Waals surface area contributed by atoms with Crippen molar-refractivity contribution in [2.75, 3.05) is 4.90 Å². The first-order valence-corrected chi connectivity index (χ1v) is 19.5. The van der Waals surface area contributed by atoms with Gasteiger partial charge >= 0.3 is 0 Å². The van der Waals surface area contributed by atoms with Crippen LogP contribution in [-0.4, -0.2) is 9.55 Å². The minimum atomic E-state index is -0.506. The Hall–Kier alpha value is -7.08. The molecule has 0 bridgehead atoms. The molecule has 3 nitrogen and oxygen atoms in total. The van der Waals surface area contributed by atoms with Crippen LogP contribution >= 0.6 is 11.3 Å². The van der Waals surface area contributed by atoms with Gasteiger partial charge in [-0.3, -0.25) is 0 Å². The number of pyridine rings is 1. The van der Waals surface area contributed by atoms with Crippen LogP contribution in [0.25, 0.3) is 80.7 Å². The van der Waals surface area contributed by atoms with Gasteiger partial charge in [0.2, 0.25) is 5.95 Å². The Kier molecular flexibility index (Phi) is 7.54. The van der Waals surface area contributed by atoms with E-state index in [9.17, 15) is 4.39 Å². The molecule has 264 valence electrons.